The molecule has 0 atom stereocenters. The minimum atomic E-state index is -3.83. The first-order chi connectivity index (χ1) is 13.9. The molecule has 0 spiro atoms. The lowest BCUT2D eigenvalue weighted by atomic mass is 10.1. The van der Waals surface area contributed by atoms with Crippen LogP contribution in [0, 0.1) is 0 Å². The number of carbonyl (C=O) groups is 2. The fraction of sp³-hybridized carbons (Fsp3) is 0.300. The number of imide groups is 1. The van der Waals surface area contributed by atoms with Crippen LogP contribution in [0.5, 0.6) is 0 Å². The molecule has 2 N–H and O–H groups in total. The highest BCUT2D eigenvalue weighted by Crippen LogP contribution is 2.20. The molecule has 2 heterocycles. The summed E-state index contributed by atoms with van der Waals surface area (Å²) in [6.45, 7) is 4.13. The monoisotopic (exact) mass is 415 g/mol. The number of nitrogens with zero attached hydrogens (tertiary/aromatic N) is 1. The van der Waals surface area contributed by atoms with Gasteiger partial charge in [0.2, 0.25) is 10.0 Å². The van der Waals surface area contributed by atoms with Crippen LogP contribution in [-0.4, -0.2) is 51.4 Å². The largest absolute Gasteiger partial charge is 0.379 e. The first-order valence-corrected chi connectivity index (χ1v) is 10.8. The first kappa shape index (κ1) is 19.7. The molecule has 0 radical (unpaired) electrons. The van der Waals surface area contributed by atoms with Crippen LogP contribution in [0.25, 0.3) is 0 Å². The molecule has 2 aliphatic heterocycles. The maximum absolute atomic E-state index is 12.6. The molecule has 0 bridgehead atoms. The molecule has 29 heavy (non-hydrogen) atoms. The van der Waals surface area contributed by atoms with Gasteiger partial charge < -0.3 is 4.74 Å². The summed E-state index contributed by atoms with van der Waals surface area (Å²) in [5, 5.41) is 2.15. The fourth-order valence-corrected chi connectivity index (χ4v) is 4.47. The molecule has 1 fully saturated rings. The Kier molecular flexibility index (Phi) is 5.46. The summed E-state index contributed by atoms with van der Waals surface area (Å²) in [7, 11) is -3.83. The molecule has 2 aromatic rings. The molecular formula is C20H21N3O5S. The summed E-state index contributed by atoms with van der Waals surface area (Å²) in [6, 6.07) is 11.7. The van der Waals surface area contributed by atoms with E-state index >= 15 is 0 Å². The lowest BCUT2D eigenvalue weighted by Gasteiger charge is -2.26. The van der Waals surface area contributed by atoms with E-state index in [1.165, 1.54) is 18.2 Å². The summed E-state index contributed by atoms with van der Waals surface area (Å²) in [4.78, 5) is 25.6. The van der Waals surface area contributed by atoms with Crippen molar-refractivity contribution < 1.29 is 22.7 Å². The summed E-state index contributed by atoms with van der Waals surface area (Å²) in [5.74, 6) is -1.10. The van der Waals surface area contributed by atoms with Crippen molar-refractivity contribution in [3.63, 3.8) is 0 Å². The van der Waals surface area contributed by atoms with Gasteiger partial charge in [0.15, 0.2) is 0 Å². The number of fused-ring (bicyclic) bond motifs is 1. The van der Waals surface area contributed by atoms with Gasteiger partial charge in [-0.25, -0.2) is 13.1 Å². The predicted octanol–water partition coefficient (Wildman–Crippen LogP) is 0.881. The van der Waals surface area contributed by atoms with Crippen LogP contribution in [0.3, 0.4) is 0 Å². The molecule has 0 saturated carbocycles. The van der Waals surface area contributed by atoms with Crippen LogP contribution in [0.4, 0.5) is 0 Å². The Bertz CT molecular complexity index is 1060. The lowest BCUT2D eigenvalue weighted by molar-refractivity contribution is 0.0342. The Hall–Kier alpha value is -2.59. The van der Waals surface area contributed by atoms with E-state index in [1.54, 1.807) is 0 Å². The van der Waals surface area contributed by atoms with Crippen molar-refractivity contribution in [2.24, 2.45) is 0 Å². The number of carbonyl (C=O) groups excluding carboxylic acids is 2. The second kappa shape index (κ2) is 8.03. The second-order valence-electron chi connectivity index (χ2n) is 7.02. The number of nitrogens with one attached hydrogen (secondary N) is 2. The van der Waals surface area contributed by atoms with Gasteiger partial charge in [-0.2, -0.15) is 0 Å². The molecule has 0 unspecified atom stereocenters. The van der Waals surface area contributed by atoms with Crippen LogP contribution in [-0.2, 0) is 27.8 Å². The highest BCUT2D eigenvalue weighted by molar-refractivity contribution is 7.89. The number of hydrogen-bond acceptors (Lipinski definition) is 6. The zero-order valence-electron chi connectivity index (χ0n) is 15.7. The van der Waals surface area contributed by atoms with Gasteiger partial charge >= 0.3 is 0 Å². The molecule has 1 saturated heterocycles. The normalized spacial score (nSPS) is 17.2. The van der Waals surface area contributed by atoms with E-state index in [-0.39, 0.29) is 22.6 Å². The van der Waals surface area contributed by atoms with Crippen molar-refractivity contribution in [1.29, 1.82) is 0 Å². The van der Waals surface area contributed by atoms with E-state index in [2.05, 4.69) is 14.9 Å². The number of morpholine rings is 1. The predicted molar refractivity (Wildman–Crippen MR) is 105 cm³/mol. The number of ether oxygens (including phenoxy) is 1. The van der Waals surface area contributed by atoms with Crippen molar-refractivity contribution in [2.45, 2.75) is 18.0 Å². The van der Waals surface area contributed by atoms with Gasteiger partial charge in [-0.3, -0.25) is 19.8 Å². The minimum absolute atomic E-state index is 0.0504. The molecule has 152 valence electrons. The number of benzene rings is 2. The molecular weight excluding hydrogens is 394 g/mol. The molecule has 4 rings (SSSR count). The van der Waals surface area contributed by atoms with Crippen molar-refractivity contribution in [1.82, 2.24) is 14.9 Å². The van der Waals surface area contributed by atoms with Gasteiger partial charge in [0.05, 0.1) is 29.2 Å². The topological polar surface area (TPSA) is 105 Å². The standard InChI is InChI=1S/C20H21N3O5S/c24-19-17-5-4-16(11-18(17)20(25)22-19)29(26,27)21-12-14-2-1-3-15(10-14)13-23-6-8-28-9-7-23/h1-5,10-11,21H,6-9,12-13H2,(H,22,24,25). The van der Waals surface area contributed by atoms with Crippen LogP contribution in [0.2, 0.25) is 0 Å². The fourth-order valence-electron chi connectivity index (χ4n) is 3.43. The quantitative estimate of drug-likeness (QED) is 0.679. The van der Waals surface area contributed by atoms with Gasteiger partial charge in [-0.1, -0.05) is 24.3 Å². The van der Waals surface area contributed by atoms with Gasteiger partial charge in [-0.15, -0.1) is 0 Å². The molecule has 9 heteroatoms. The number of amides is 2. The SMILES string of the molecule is O=C1NC(=O)c2cc(S(=O)(=O)NCc3cccc(CN4CCOCC4)c3)ccc21. The highest BCUT2D eigenvalue weighted by atomic mass is 32.2. The molecule has 0 aromatic heterocycles. The highest BCUT2D eigenvalue weighted by Gasteiger charge is 2.28. The average Bonchev–Trinajstić information content (AvgIpc) is 3.01. The molecule has 0 aliphatic carbocycles. The molecule has 2 amide bonds. The summed E-state index contributed by atoms with van der Waals surface area (Å²) < 4.78 is 33.2. The van der Waals surface area contributed by atoms with Crippen LogP contribution in [0.15, 0.2) is 47.4 Å². The first-order valence-electron chi connectivity index (χ1n) is 9.30. The van der Waals surface area contributed by atoms with Crippen molar-refractivity contribution >= 4 is 21.8 Å². The number of rotatable bonds is 6. The third-order valence-electron chi connectivity index (χ3n) is 4.99. The van der Waals surface area contributed by atoms with Crippen molar-refractivity contribution in [3.8, 4) is 0 Å². The Labute approximate surface area is 168 Å². The second-order valence-corrected chi connectivity index (χ2v) is 8.79. The molecule has 2 aromatic carbocycles. The molecule has 8 nitrogen and oxygen atoms in total. The summed E-state index contributed by atoms with van der Waals surface area (Å²) in [5.41, 5.74) is 2.21. The van der Waals surface area contributed by atoms with E-state index in [0.29, 0.717) is 0 Å². The number of sulfonamides is 1. The zero-order valence-corrected chi connectivity index (χ0v) is 16.5. The van der Waals surface area contributed by atoms with Crippen LogP contribution < -0.4 is 10.0 Å². The van der Waals surface area contributed by atoms with E-state index in [9.17, 15) is 18.0 Å². The molecule has 2 aliphatic rings. The van der Waals surface area contributed by atoms with E-state index < -0.39 is 21.8 Å². The van der Waals surface area contributed by atoms with E-state index in [4.69, 9.17) is 4.74 Å². The van der Waals surface area contributed by atoms with Crippen LogP contribution >= 0.6 is 0 Å². The Morgan fingerprint density at radius 1 is 0.966 bits per heavy atom. The van der Waals surface area contributed by atoms with Gasteiger partial charge in [-0.05, 0) is 29.3 Å². The van der Waals surface area contributed by atoms with E-state index in [1.807, 2.05) is 24.3 Å². The maximum Gasteiger partial charge on any atom is 0.258 e. The zero-order chi connectivity index (χ0) is 20.4. The maximum atomic E-state index is 12.6. The van der Waals surface area contributed by atoms with Crippen molar-refractivity contribution in [3.05, 3.63) is 64.7 Å². The summed E-state index contributed by atoms with van der Waals surface area (Å²) >= 11 is 0. The van der Waals surface area contributed by atoms with Crippen molar-refractivity contribution in [2.75, 3.05) is 26.3 Å². The lowest BCUT2D eigenvalue weighted by Crippen LogP contribution is -2.35. The van der Waals surface area contributed by atoms with Gasteiger partial charge in [0, 0.05) is 26.2 Å². The third kappa shape index (κ3) is 4.38. The Morgan fingerprint density at radius 2 is 1.69 bits per heavy atom. The minimum Gasteiger partial charge on any atom is -0.379 e. The van der Waals surface area contributed by atoms with E-state index in [0.717, 1.165) is 44.0 Å². The Morgan fingerprint density at radius 3 is 2.48 bits per heavy atom. The smallest absolute Gasteiger partial charge is 0.258 e. The van der Waals surface area contributed by atoms with Gasteiger partial charge in [0.25, 0.3) is 11.8 Å². The third-order valence-corrected chi connectivity index (χ3v) is 6.38. The van der Waals surface area contributed by atoms with Crippen LogP contribution in [0.1, 0.15) is 31.8 Å². The average molecular weight is 415 g/mol. The Balaban J connectivity index is 1.44. The number of hydrogen-bond donors (Lipinski definition) is 2. The van der Waals surface area contributed by atoms with Gasteiger partial charge in [0.1, 0.15) is 0 Å². The summed E-state index contributed by atoms with van der Waals surface area (Å²) in [6.07, 6.45) is 0.